The number of Topliss-reactive ketones (excluding diaryl/α,β-unsaturated/α-hetero) is 2. The van der Waals surface area contributed by atoms with Crippen LogP contribution in [0.5, 0.6) is 0 Å². The summed E-state index contributed by atoms with van der Waals surface area (Å²) in [5, 5.41) is 51.4. The highest BCUT2D eigenvalue weighted by Crippen LogP contribution is 2.39. The number of aliphatic hydroxyl groups is 1. The summed E-state index contributed by atoms with van der Waals surface area (Å²) < 4.78 is 34.4. The van der Waals surface area contributed by atoms with Gasteiger partial charge in [-0.1, -0.05) is 120 Å². The van der Waals surface area contributed by atoms with E-state index in [1.807, 2.05) is 101 Å². The lowest BCUT2D eigenvalue weighted by Gasteiger charge is -2.41. The minimum atomic E-state index is -1.24. The molecule has 5 bridgehead atoms. The molecule has 4 fully saturated rings. The maximum atomic E-state index is 14.1. The second kappa shape index (κ2) is 38.8. The molecule has 0 unspecified atom stereocenters. The van der Waals surface area contributed by atoms with Gasteiger partial charge in [0.05, 0.1) is 75.6 Å². The maximum absolute atomic E-state index is 14.1. The molecule has 628 valence electrons. The Balaban J connectivity index is 0.000000228. The summed E-state index contributed by atoms with van der Waals surface area (Å²) >= 11 is 0. The van der Waals surface area contributed by atoms with Crippen LogP contribution in [0.1, 0.15) is 196 Å². The number of benzene rings is 4. The Bertz CT molecular complexity index is 4730. The molecule has 32 heteroatoms. The summed E-state index contributed by atoms with van der Waals surface area (Å²) in [6.45, 7) is 25.1. The number of nitrogens with one attached hydrogen (secondary N) is 4. The third-order valence-corrected chi connectivity index (χ3v) is 21.2. The molecule has 2 aromatic heterocycles. The predicted molar refractivity (Wildman–Crippen MR) is 430 cm³/mol. The molecule has 11 rings (SSSR count). The number of cyclic esters (lactones) is 1. The van der Waals surface area contributed by atoms with E-state index in [1.54, 1.807) is 67.5 Å². The molecule has 1 spiro atoms. The van der Waals surface area contributed by atoms with Gasteiger partial charge >= 0.3 is 23.9 Å². The summed E-state index contributed by atoms with van der Waals surface area (Å²) in [4.78, 5) is 161. The van der Waals surface area contributed by atoms with E-state index in [0.29, 0.717) is 61.2 Å². The standard InChI is InChI=1S/C34H46N4O8.C34H44N4O7.C16H12N2O7.CH4/c1-20(2)25(30(41)35-21(3)31(42)38-15-7-8-27(37-38)32(43)44)17-29(40)34(18-45-33(5,6)46-19-34)14-13-23-9-10-24-11-12-26(22(4)39)36-28(24)16-23;1-20(2)25-17-29(39)34(18-43-33(5,6)44-19-34)14-13-23-9-10-24-11-12-26(36-28(24)16-23)22(4)45-32(42)27-8-7-15-38(37-27)31(41)21(3)35-30(25)40;1-9-5-3-7-11(17(21)22)13(9)15(19)25-16(20)14-10(2)6-4-8-12(14)18(23)24;/h9-14,16,20-22,25,27,37,39H,7-8,15,17-19H2,1-6H3,(H,35,41)(H,43,44);9-14,16,20-22,25,27,37H,7-8,15,17-19H2,1-6H3,(H,35,40);3-8H,1-2H3;1H4/b2*14-13+;;/t2*21-,22+,25-,27-;;/m00../s1. The summed E-state index contributed by atoms with van der Waals surface area (Å²) in [6.07, 6.45) is 7.76. The summed E-state index contributed by atoms with van der Waals surface area (Å²) in [6, 6.07) is 23.4. The molecule has 7 heterocycles. The first kappa shape index (κ1) is 91.5. The Morgan fingerprint density at radius 1 is 0.726 bits per heavy atom. The van der Waals surface area contributed by atoms with Gasteiger partial charge in [-0.2, -0.15) is 0 Å². The number of nitro groups is 2. The molecule has 0 radical (unpaired) electrons. The van der Waals surface area contributed by atoms with Gasteiger partial charge in [-0.3, -0.25) is 73.6 Å². The third kappa shape index (κ3) is 22.8. The van der Waals surface area contributed by atoms with Gasteiger partial charge < -0.3 is 49.3 Å². The zero-order valence-corrected chi connectivity index (χ0v) is 67.5. The number of carboxylic acid groups (broad SMARTS) is 1. The number of pyridine rings is 2. The topological polar surface area (TPSA) is 433 Å². The van der Waals surface area contributed by atoms with Crippen molar-refractivity contribution in [2.24, 2.45) is 34.5 Å². The first-order valence-electron chi connectivity index (χ1n) is 38.6. The van der Waals surface area contributed by atoms with Gasteiger partial charge in [0.2, 0.25) is 11.8 Å². The van der Waals surface area contributed by atoms with Crippen molar-refractivity contribution in [2.75, 3.05) is 39.5 Å². The maximum Gasteiger partial charge on any atom is 0.353 e. The Kier molecular flexibility index (Phi) is 30.4. The van der Waals surface area contributed by atoms with E-state index >= 15 is 0 Å². The first-order chi connectivity index (χ1) is 54.6. The molecule has 6 N–H and O–H groups in total. The minimum Gasteiger partial charge on any atom is -0.480 e. The third-order valence-electron chi connectivity index (χ3n) is 21.2. The number of amides is 4. The highest BCUT2D eigenvalue weighted by Gasteiger charge is 2.48. The lowest BCUT2D eigenvalue weighted by molar-refractivity contribution is -0.385. The molecule has 6 aromatic rings. The Morgan fingerprint density at radius 3 is 1.86 bits per heavy atom. The van der Waals surface area contributed by atoms with Gasteiger partial charge in [0, 0.05) is 60.7 Å². The quantitative estimate of drug-likeness (QED) is 0.0227. The van der Waals surface area contributed by atoms with Crippen LogP contribution in [0.4, 0.5) is 11.4 Å². The molecule has 117 heavy (non-hydrogen) atoms. The lowest BCUT2D eigenvalue weighted by atomic mass is 9.77. The summed E-state index contributed by atoms with van der Waals surface area (Å²) in [5.41, 5.74) is 6.29. The van der Waals surface area contributed by atoms with Gasteiger partial charge in [0.1, 0.15) is 53.0 Å². The van der Waals surface area contributed by atoms with Crippen LogP contribution in [0.25, 0.3) is 34.0 Å². The molecule has 5 aliphatic heterocycles. The molecule has 4 aromatic carbocycles. The molecule has 0 aliphatic carbocycles. The van der Waals surface area contributed by atoms with Crippen molar-refractivity contribution < 1.29 is 96.4 Å². The van der Waals surface area contributed by atoms with E-state index in [0.717, 1.165) is 34.0 Å². The van der Waals surface area contributed by atoms with E-state index in [-0.39, 0.29) is 104 Å². The number of carbonyl (C=O) groups is 10. The zero-order valence-electron chi connectivity index (χ0n) is 67.5. The first-order valence-corrected chi connectivity index (χ1v) is 38.6. The average molecular weight is 1620 g/mol. The number of hydrazine groups is 2. The fourth-order valence-corrected chi connectivity index (χ4v) is 13.7. The van der Waals surface area contributed by atoms with Crippen molar-refractivity contribution in [1.29, 1.82) is 0 Å². The number of ketones is 2. The normalized spacial score (nSPS) is 21.7. The predicted octanol–water partition coefficient (Wildman–Crippen LogP) is 11.0. The van der Waals surface area contributed by atoms with Gasteiger partial charge in [0.15, 0.2) is 11.6 Å². The van der Waals surface area contributed by atoms with Crippen molar-refractivity contribution in [1.82, 2.24) is 41.5 Å². The van der Waals surface area contributed by atoms with Crippen LogP contribution in [0.3, 0.4) is 0 Å². The van der Waals surface area contributed by atoms with Crippen LogP contribution in [0, 0.1) is 68.6 Å². The molecular formula is C85H106N10O22. The number of fused-ring (bicyclic) bond motifs is 5. The molecular weight excluding hydrogens is 1510 g/mol. The second-order valence-corrected chi connectivity index (χ2v) is 31.6. The Hall–Kier alpha value is -11.0. The molecule has 8 atom stereocenters. The van der Waals surface area contributed by atoms with E-state index < -0.39 is 128 Å². The molecule has 0 saturated carbocycles. The van der Waals surface area contributed by atoms with E-state index in [1.165, 1.54) is 48.1 Å². The fraction of sp³-hybridized carbons (Fsp3) is 0.482. The number of rotatable bonds is 16. The number of nitrogens with zero attached hydrogens (tertiary/aromatic N) is 6. The van der Waals surface area contributed by atoms with Crippen molar-refractivity contribution >= 4 is 104 Å². The van der Waals surface area contributed by atoms with E-state index in [4.69, 9.17) is 28.7 Å². The summed E-state index contributed by atoms with van der Waals surface area (Å²) in [7, 11) is 0. The van der Waals surface area contributed by atoms with Crippen molar-refractivity contribution in [3.05, 3.63) is 174 Å². The van der Waals surface area contributed by atoms with Crippen LogP contribution in [-0.2, 0) is 66.8 Å². The fourth-order valence-electron chi connectivity index (χ4n) is 13.7. The second-order valence-electron chi connectivity index (χ2n) is 31.6. The number of carboxylic acids is 1. The van der Waals surface area contributed by atoms with Crippen LogP contribution in [0.15, 0.2) is 109 Å². The number of ether oxygens (including phenoxy) is 6. The number of aliphatic carboxylic acids is 1. The number of nitro benzene ring substituents is 2. The molecule has 4 saturated heterocycles. The molecule has 4 amide bonds. The number of esters is 3. The number of hydrogen-bond acceptors (Lipinski definition) is 25. The zero-order chi connectivity index (χ0) is 85.1. The lowest BCUT2D eigenvalue weighted by Crippen LogP contribution is -2.60. The van der Waals surface area contributed by atoms with Gasteiger partial charge in [0.25, 0.3) is 23.2 Å². The smallest absolute Gasteiger partial charge is 0.353 e. The van der Waals surface area contributed by atoms with E-state index in [9.17, 15) is 78.4 Å². The van der Waals surface area contributed by atoms with Crippen LogP contribution in [-0.4, -0.2) is 174 Å². The Morgan fingerprint density at radius 2 is 1.29 bits per heavy atom. The van der Waals surface area contributed by atoms with Crippen LogP contribution in [0.2, 0.25) is 0 Å². The number of carbonyl (C=O) groups excluding carboxylic acids is 9. The van der Waals surface area contributed by atoms with Gasteiger partial charge in [-0.05, 0) is 153 Å². The monoisotopic (exact) mass is 1620 g/mol. The highest BCUT2D eigenvalue weighted by molar-refractivity contribution is 6.07. The molecule has 5 aliphatic rings. The van der Waals surface area contributed by atoms with Gasteiger partial charge in [-0.15, -0.1) is 0 Å². The number of aromatic nitrogens is 2. The summed E-state index contributed by atoms with van der Waals surface area (Å²) in [5.74, 6) is -9.66. The van der Waals surface area contributed by atoms with Crippen molar-refractivity contribution in [2.45, 2.75) is 191 Å². The number of aryl methyl sites for hydroxylation is 2. The van der Waals surface area contributed by atoms with Crippen LogP contribution >= 0.6 is 0 Å². The SMILES string of the molecule is C.CC(C)[C@@H]1CC(=O)C2(/C=C/c3ccc4ccc(nc4c3)[C@@H](C)OC(=O)[C@@H]3CCCN(N3)C(=O)[C@H](C)NC1=O)COC(C)(C)OC2.CC(C)[C@H](CC(=O)C1(/C=C/c2ccc3ccc([C@@H](C)O)nc3c2)COC(C)(C)OC1)C(=O)N[C@@H](C)C(=O)N1CCC[C@@H](C(=O)O)N1.Cc1cccc([N+](=O)[O-])c1C(=O)OC(=O)c1c(C)cccc1[N+](=O)[O-]. The molecule has 32 nitrogen and oxygen atoms in total. The van der Waals surface area contributed by atoms with E-state index in [2.05, 4.69) is 31.2 Å². The van der Waals surface area contributed by atoms with Crippen molar-refractivity contribution in [3.63, 3.8) is 0 Å². The van der Waals surface area contributed by atoms with Crippen molar-refractivity contribution in [3.8, 4) is 0 Å². The Labute approximate surface area is 678 Å². The largest absolute Gasteiger partial charge is 0.480 e. The number of hydrogen-bond donors (Lipinski definition) is 6. The van der Waals surface area contributed by atoms with Crippen LogP contribution < -0.4 is 21.5 Å². The average Bonchev–Trinajstić information content (AvgIpc) is 0.943. The van der Waals surface area contributed by atoms with Gasteiger partial charge in [-0.25, -0.2) is 25.4 Å². The number of aliphatic hydroxyl groups excluding tert-OH is 1. The minimum absolute atomic E-state index is 0. The highest BCUT2D eigenvalue weighted by atomic mass is 16.7.